The molecule has 0 atom stereocenters. The zero-order valence-corrected chi connectivity index (χ0v) is 9.79. The number of hydrogen-bond acceptors (Lipinski definition) is 3. The van der Waals surface area contributed by atoms with E-state index in [4.69, 9.17) is 4.74 Å². The van der Waals surface area contributed by atoms with E-state index in [2.05, 4.69) is 0 Å². The van der Waals surface area contributed by atoms with Crippen LogP contribution in [-0.2, 0) is 0 Å². The number of rotatable bonds is 4. The number of hydrogen-bond donors (Lipinski definition) is 0. The first-order valence-electron chi connectivity index (χ1n) is 5.11. The van der Waals surface area contributed by atoms with Crippen molar-refractivity contribution in [2.45, 2.75) is 6.92 Å². The van der Waals surface area contributed by atoms with Crippen LogP contribution in [0.3, 0.4) is 0 Å². The molecule has 0 amide bonds. The highest BCUT2D eigenvalue weighted by atomic mass is 32.1. The van der Waals surface area contributed by atoms with Crippen LogP contribution in [0.1, 0.15) is 17.3 Å². The molecule has 0 unspecified atom stereocenters. The van der Waals surface area contributed by atoms with Gasteiger partial charge in [0.05, 0.1) is 6.61 Å². The minimum absolute atomic E-state index is 0.608. The van der Waals surface area contributed by atoms with Gasteiger partial charge in [-0.2, -0.15) is 0 Å². The Labute approximate surface area is 98.5 Å². The minimum Gasteiger partial charge on any atom is -0.494 e. The summed E-state index contributed by atoms with van der Waals surface area (Å²) in [6, 6.07) is 9.59. The SMILES string of the molecule is CCOc1ccc(-c2cccs2)c(C=O)c1. The molecule has 3 heteroatoms. The second-order valence-corrected chi connectivity index (χ2v) is 4.22. The van der Waals surface area contributed by atoms with E-state index in [-0.39, 0.29) is 0 Å². The number of ether oxygens (including phenoxy) is 1. The zero-order valence-electron chi connectivity index (χ0n) is 8.97. The van der Waals surface area contributed by atoms with Gasteiger partial charge in [0.25, 0.3) is 0 Å². The van der Waals surface area contributed by atoms with Gasteiger partial charge < -0.3 is 4.74 Å². The summed E-state index contributed by atoms with van der Waals surface area (Å²) in [6.07, 6.45) is 0.873. The number of benzene rings is 1. The molecule has 0 saturated carbocycles. The molecule has 1 heterocycles. The van der Waals surface area contributed by atoms with Gasteiger partial charge in [0.2, 0.25) is 0 Å². The Hall–Kier alpha value is -1.61. The summed E-state index contributed by atoms with van der Waals surface area (Å²) in [5.74, 6) is 0.741. The monoisotopic (exact) mass is 232 g/mol. The molecular formula is C13H12O2S. The summed E-state index contributed by atoms with van der Waals surface area (Å²) in [6.45, 7) is 2.53. The van der Waals surface area contributed by atoms with Gasteiger partial charge >= 0.3 is 0 Å². The summed E-state index contributed by atoms with van der Waals surface area (Å²) in [5, 5.41) is 2.00. The maximum absolute atomic E-state index is 11.0. The summed E-state index contributed by atoms with van der Waals surface area (Å²) >= 11 is 1.63. The van der Waals surface area contributed by atoms with Gasteiger partial charge in [-0.1, -0.05) is 6.07 Å². The molecular weight excluding hydrogens is 220 g/mol. The third kappa shape index (κ3) is 2.14. The molecule has 16 heavy (non-hydrogen) atoms. The Morgan fingerprint density at radius 1 is 1.38 bits per heavy atom. The van der Waals surface area contributed by atoms with Crippen LogP contribution in [0, 0.1) is 0 Å². The van der Waals surface area contributed by atoms with Gasteiger partial charge in [0.15, 0.2) is 6.29 Å². The number of thiophene rings is 1. The highest BCUT2D eigenvalue weighted by Crippen LogP contribution is 2.29. The highest BCUT2D eigenvalue weighted by Gasteiger charge is 2.06. The molecule has 2 aromatic rings. The van der Waals surface area contributed by atoms with E-state index < -0.39 is 0 Å². The summed E-state index contributed by atoms with van der Waals surface area (Å²) in [7, 11) is 0. The molecule has 2 nitrogen and oxygen atoms in total. The maximum Gasteiger partial charge on any atom is 0.150 e. The Kier molecular flexibility index (Phi) is 3.37. The van der Waals surface area contributed by atoms with E-state index >= 15 is 0 Å². The lowest BCUT2D eigenvalue weighted by molar-refractivity contribution is 0.112. The quantitative estimate of drug-likeness (QED) is 0.752. The predicted octanol–water partition coefficient (Wildman–Crippen LogP) is 3.63. The average Bonchev–Trinajstić information content (AvgIpc) is 2.83. The van der Waals surface area contributed by atoms with Gasteiger partial charge in [-0.05, 0) is 36.6 Å². The molecule has 0 bridgehead atoms. The van der Waals surface area contributed by atoms with Crippen molar-refractivity contribution in [2.24, 2.45) is 0 Å². The molecule has 0 aliphatic carbocycles. The first-order chi connectivity index (χ1) is 7.85. The van der Waals surface area contributed by atoms with Crippen molar-refractivity contribution >= 4 is 17.6 Å². The molecule has 0 fully saturated rings. The first kappa shape index (κ1) is 10.9. The second-order valence-electron chi connectivity index (χ2n) is 3.28. The Bertz CT molecular complexity index is 475. The number of carbonyl (C=O) groups is 1. The van der Waals surface area contributed by atoms with Crippen LogP contribution in [0.4, 0.5) is 0 Å². The average molecular weight is 232 g/mol. The van der Waals surface area contributed by atoms with Crippen molar-refractivity contribution in [3.63, 3.8) is 0 Å². The third-order valence-electron chi connectivity index (χ3n) is 2.25. The molecule has 1 aromatic heterocycles. The van der Waals surface area contributed by atoms with Crippen molar-refractivity contribution in [3.8, 4) is 16.2 Å². The van der Waals surface area contributed by atoms with Crippen LogP contribution in [0.5, 0.6) is 5.75 Å². The lowest BCUT2D eigenvalue weighted by atomic mass is 10.1. The third-order valence-corrected chi connectivity index (χ3v) is 3.15. The Morgan fingerprint density at radius 2 is 2.25 bits per heavy atom. The minimum atomic E-state index is 0.608. The zero-order chi connectivity index (χ0) is 11.4. The standard InChI is InChI=1S/C13H12O2S/c1-2-15-11-5-6-12(10(8-11)9-14)13-4-3-7-16-13/h3-9H,2H2,1H3. The molecule has 0 N–H and O–H groups in total. The van der Waals surface area contributed by atoms with Crippen molar-refractivity contribution < 1.29 is 9.53 Å². The van der Waals surface area contributed by atoms with Crippen molar-refractivity contribution in [3.05, 3.63) is 41.3 Å². The fourth-order valence-corrected chi connectivity index (χ4v) is 2.32. The van der Waals surface area contributed by atoms with Gasteiger partial charge in [-0.25, -0.2) is 0 Å². The lowest BCUT2D eigenvalue weighted by Crippen LogP contribution is -1.93. The summed E-state index contributed by atoms with van der Waals surface area (Å²) in [4.78, 5) is 12.1. The van der Waals surface area contributed by atoms with Crippen molar-refractivity contribution in [1.29, 1.82) is 0 Å². The van der Waals surface area contributed by atoms with E-state index in [9.17, 15) is 4.79 Å². The summed E-state index contributed by atoms with van der Waals surface area (Å²) < 4.78 is 5.37. The van der Waals surface area contributed by atoms with Gasteiger partial charge in [0.1, 0.15) is 5.75 Å². The fraction of sp³-hybridized carbons (Fsp3) is 0.154. The molecule has 0 aliphatic rings. The van der Waals surface area contributed by atoms with Crippen LogP contribution in [-0.4, -0.2) is 12.9 Å². The molecule has 0 radical (unpaired) electrons. The molecule has 0 spiro atoms. The number of aldehydes is 1. The topological polar surface area (TPSA) is 26.3 Å². The maximum atomic E-state index is 11.0. The molecule has 2 rings (SSSR count). The molecule has 0 saturated heterocycles. The van der Waals surface area contributed by atoms with Crippen molar-refractivity contribution in [1.82, 2.24) is 0 Å². The van der Waals surface area contributed by atoms with Crippen LogP contribution >= 0.6 is 11.3 Å². The number of carbonyl (C=O) groups excluding carboxylic acids is 1. The molecule has 0 aliphatic heterocycles. The van der Waals surface area contributed by atoms with E-state index in [1.54, 1.807) is 17.4 Å². The van der Waals surface area contributed by atoms with E-state index in [1.165, 1.54) is 0 Å². The fourth-order valence-electron chi connectivity index (χ4n) is 1.55. The molecule has 1 aromatic carbocycles. The van der Waals surface area contributed by atoms with Gasteiger partial charge in [-0.15, -0.1) is 11.3 Å². The highest BCUT2D eigenvalue weighted by molar-refractivity contribution is 7.13. The largest absolute Gasteiger partial charge is 0.494 e. The van der Waals surface area contributed by atoms with E-state index in [0.29, 0.717) is 12.2 Å². The van der Waals surface area contributed by atoms with Gasteiger partial charge in [0, 0.05) is 16.0 Å². The van der Waals surface area contributed by atoms with Crippen LogP contribution in [0.2, 0.25) is 0 Å². The Balaban J connectivity index is 2.43. The van der Waals surface area contributed by atoms with Gasteiger partial charge in [-0.3, -0.25) is 4.79 Å². The van der Waals surface area contributed by atoms with E-state index in [0.717, 1.165) is 22.5 Å². The Morgan fingerprint density at radius 3 is 2.88 bits per heavy atom. The first-order valence-corrected chi connectivity index (χ1v) is 5.99. The summed E-state index contributed by atoms with van der Waals surface area (Å²) in [5.41, 5.74) is 1.64. The van der Waals surface area contributed by atoms with Crippen LogP contribution in [0.25, 0.3) is 10.4 Å². The van der Waals surface area contributed by atoms with Crippen molar-refractivity contribution in [2.75, 3.05) is 6.61 Å². The smallest absolute Gasteiger partial charge is 0.150 e. The normalized spacial score (nSPS) is 10.1. The van der Waals surface area contributed by atoms with Crippen LogP contribution in [0.15, 0.2) is 35.7 Å². The van der Waals surface area contributed by atoms with E-state index in [1.807, 2.05) is 36.6 Å². The lowest BCUT2D eigenvalue weighted by Gasteiger charge is -2.06. The second kappa shape index (κ2) is 4.94. The predicted molar refractivity (Wildman–Crippen MR) is 66.3 cm³/mol. The van der Waals surface area contributed by atoms with Crippen LogP contribution < -0.4 is 4.74 Å². The molecule has 82 valence electrons.